The van der Waals surface area contributed by atoms with Crippen molar-refractivity contribution in [2.24, 2.45) is 29.4 Å². The van der Waals surface area contributed by atoms with Crippen LogP contribution in [0.15, 0.2) is 0 Å². The van der Waals surface area contributed by atoms with Crippen LogP contribution < -0.4 is 27.0 Å². The molecular weight excluding hydrogens is 530 g/mol. The van der Waals surface area contributed by atoms with E-state index in [1.165, 1.54) is 21.0 Å². The number of unbranched alkanes of at least 4 members (excludes halogenated alkanes) is 1. The Labute approximate surface area is 245 Å². The molecule has 12 nitrogen and oxygen atoms in total. The first-order valence-corrected chi connectivity index (χ1v) is 14.7. The normalized spacial score (nSPS) is 15.9. The molecule has 0 bridgehead atoms. The lowest BCUT2D eigenvalue weighted by atomic mass is 9.84. The molecule has 0 aliphatic heterocycles. The predicted octanol–water partition coefficient (Wildman–Crippen LogP) is 0.993. The van der Waals surface area contributed by atoms with E-state index in [4.69, 9.17) is 10.5 Å². The van der Waals surface area contributed by atoms with Crippen LogP contribution in [-0.2, 0) is 28.7 Å². The molecule has 0 aromatic heterocycles. The van der Waals surface area contributed by atoms with E-state index < -0.39 is 59.9 Å². The second-order valence-corrected chi connectivity index (χ2v) is 12.0. The molecule has 0 radical (unpaired) electrons. The Balaban J connectivity index is 6.08. The molecule has 41 heavy (non-hydrogen) atoms. The van der Waals surface area contributed by atoms with Gasteiger partial charge in [0.15, 0.2) is 0 Å². The minimum atomic E-state index is -1.27. The Morgan fingerprint density at radius 1 is 0.780 bits per heavy atom. The maximum Gasteiger partial charge on any atom is 0.328 e. The van der Waals surface area contributed by atoms with Crippen molar-refractivity contribution in [1.29, 1.82) is 0 Å². The quantitative estimate of drug-likeness (QED) is 0.0956. The summed E-state index contributed by atoms with van der Waals surface area (Å²) in [4.78, 5) is 63.4. The maximum atomic E-state index is 13.6. The highest BCUT2D eigenvalue weighted by molar-refractivity contribution is 5.92. The largest absolute Gasteiger partial charge is 0.467 e. The van der Waals surface area contributed by atoms with E-state index in [1.54, 1.807) is 13.8 Å². The first kappa shape index (κ1) is 38.3. The van der Waals surface area contributed by atoms with Crippen molar-refractivity contribution in [3.63, 3.8) is 0 Å². The van der Waals surface area contributed by atoms with Gasteiger partial charge in [-0.15, -0.1) is 0 Å². The predicted molar refractivity (Wildman–Crippen MR) is 157 cm³/mol. The van der Waals surface area contributed by atoms with Crippen LogP contribution in [0.2, 0.25) is 0 Å². The van der Waals surface area contributed by atoms with Gasteiger partial charge < -0.3 is 36.8 Å². The standard InChI is InChI=1S/C29H55N5O7/c1-16(2)14-21(26(37)31-19(7)29(40)41-9)25(36)23(15-17(3)4)34-27(38)22(12-10-11-13-30)33-28(39)24(18(5)6)32-20(8)35/h16-19,21-25,36H,10-15,30H2,1-9H3,(H,31,37)(H,32,35)(H,33,39)(H,34,38)/t19-,21+,22-,23-,24-,25+/m0/s1. The minimum absolute atomic E-state index is 0.0364. The molecule has 4 amide bonds. The Bertz CT molecular complexity index is 849. The van der Waals surface area contributed by atoms with E-state index in [-0.39, 0.29) is 23.7 Å². The number of nitrogens with two attached hydrogens (primary N) is 1. The first-order chi connectivity index (χ1) is 19.0. The van der Waals surface area contributed by atoms with Gasteiger partial charge in [0.1, 0.15) is 18.1 Å². The fourth-order valence-electron chi connectivity index (χ4n) is 4.60. The van der Waals surface area contributed by atoms with Gasteiger partial charge in [-0.25, -0.2) is 4.79 Å². The van der Waals surface area contributed by atoms with Gasteiger partial charge in [0.2, 0.25) is 23.6 Å². The molecule has 0 saturated heterocycles. The average Bonchev–Trinajstić information content (AvgIpc) is 2.87. The van der Waals surface area contributed by atoms with Crippen LogP contribution in [0.25, 0.3) is 0 Å². The Hall–Kier alpha value is -2.73. The fraction of sp³-hybridized carbons (Fsp3) is 0.828. The number of nitrogens with one attached hydrogen (secondary N) is 4. The van der Waals surface area contributed by atoms with Gasteiger partial charge in [-0.1, -0.05) is 41.5 Å². The summed E-state index contributed by atoms with van der Waals surface area (Å²) in [5, 5.41) is 22.4. The lowest BCUT2D eigenvalue weighted by Gasteiger charge is -2.33. The molecule has 0 fully saturated rings. The molecule has 0 unspecified atom stereocenters. The highest BCUT2D eigenvalue weighted by Gasteiger charge is 2.37. The van der Waals surface area contributed by atoms with Crippen LogP contribution in [0.4, 0.5) is 0 Å². The molecule has 238 valence electrons. The number of methoxy groups -OCH3 is 1. The van der Waals surface area contributed by atoms with Crippen molar-refractivity contribution in [3.8, 4) is 0 Å². The Morgan fingerprint density at radius 3 is 1.83 bits per heavy atom. The van der Waals surface area contributed by atoms with Crippen molar-refractivity contribution in [3.05, 3.63) is 0 Å². The van der Waals surface area contributed by atoms with Gasteiger partial charge in [0, 0.05) is 6.92 Å². The third kappa shape index (κ3) is 14.6. The molecule has 0 aliphatic rings. The number of carbonyl (C=O) groups excluding carboxylic acids is 5. The van der Waals surface area contributed by atoms with Crippen LogP contribution >= 0.6 is 0 Å². The molecule has 0 aromatic carbocycles. The monoisotopic (exact) mass is 585 g/mol. The highest BCUT2D eigenvalue weighted by atomic mass is 16.5. The average molecular weight is 586 g/mol. The molecule has 0 aromatic rings. The summed E-state index contributed by atoms with van der Waals surface area (Å²) < 4.78 is 4.70. The van der Waals surface area contributed by atoms with Gasteiger partial charge in [-0.2, -0.15) is 0 Å². The fourth-order valence-corrected chi connectivity index (χ4v) is 4.60. The van der Waals surface area contributed by atoms with E-state index in [2.05, 4.69) is 21.3 Å². The number of hydrogen-bond donors (Lipinski definition) is 6. The molecule has 0 saturated carbocycles. The van der Waals surface area contributed by atoms with Crippen molar-refractivity contribution >= 4 is 29.6 Å². The van der Waals surface area contributed by atoms with E-state index >= 15 is 0 Å². The van der Waals surface area contributed by atoms with E-state index in [0.29, 0.717) is 38.6 Å². The summed E-state index contributed by atoms with van der Waals surface area (Å²) in [7, 11) is 1.22. The number of amides is 4. The van der Waals surface area contributed by atoms with E-state index in [9.17, 15) is 29.1 Å². The number of carbonyl (C=O) groups is 5. The molecule has 0 aliphatic carbocycles. The lowest BCUT2D eigenvalue weighted by Crippen LogP contribution is -2.58. The second-order valence-electron chi connectivity index (χ2n) is 12.0. The van der Waals surface area contributed by atoms with Crippen molar-refractivity contribution < 1.29 is 33.8 Å². The zero-order chi connectivity index (χ0) is 31.9. The maximum absolute atomic E-state index is 13.6. The van der Waals surface area contributed by atoms with Crippen molar-refractivity contribution in [2.45, 2.75) is 118 Å². The van der Waals surface area contributed by atoms with Gasteiger partial charge in [-0.05, 0) is 63.3 Å². The minimum Gasteiger partial charge on any atom is -0.467 e. The summed E-state index contributed by atoms with van der Waals surface area (Å²) in [6.07, 6.45) is 0.933. The number of esters is 1. The molecule has 0 spiro atoms. The summed E-state index contributed by atoms with van der Waals surface area (Å²) in [6.45, 7) is 14.5. The number of aliphatic hydroxyl groups excluding tert-OH is 1. The topological polar surface area (TPSA) is 189 Å². The van der Waals surface area contributed by atoms with Crippen molar-refractivity contribution in [2.75, 3.05) is 13.7 Å². The van der Waals surface area contributed by atoms with Crippen LogP contribution in [0.3, 0.4) is 0 Å². The highest BCUT2D eigenvalue weighted by Crippen LogP contribution is 2.22. The Kier molecular flexibility index (Phi) is 18.1. The summed E-state index contributed by atoms with van der Waals surface area (Å²) in [5.41, 5.74) is 5.64. The molecule has 0 rings (SSSR count). The summed E-state index contributed by atoms with van der Waals surface area (Å²) in [6, 6.07) is -3.49. The van der Waals surface area contributed by atoms with Crippen LogP contribution in [-0.4, -0.2) is 78.6 Å². The SMILES string of the molecule is COC(=O)[C@H](C)NC(=O)[C@H](CC(C)C)[C@@H](O)[C@H](CC(C)C)NC(=O)[C@H](CCCCN)NC(=O)[C@@H](NC(C)=O)C(C)C. The van der Waals surface area contributed by atoms with Gasteiger partial charge in [0.05, 0.1) is 25.2 Å². The summed E-state index contributed by atoms with van der Waals surface area (Å²) >= 11 is 0. The van der Waals surface area contributed by atoms with Gasteiger partial charge in [0.25, 0.3) is 0 Å². The molecule has 6 atom stereocenters. The number of aliphatic hydroxyl groups is 1. The first-order valence-electron chi connectivity index (χ1n) is 14.7. The number of rotatable bonds is 19. The van der Waals surface area contributed by atoms with Gasteiger partial charge in [-0.3, -0.25) is 19.2 Å². The van der Waals surface area contributed by atoms with E-state index in [1.807, 2.05) is 27.7 Å². The van der Waals surface area contributed by atoms with Crippen LogP contribution in [0.1, 0.15) is 87.5 Å². The zero-order valence-corrected chi connectivity index (χ0v) is 26.4. The third-order valence-electron chi connectivity index (χ3n) is 6.74. The van der Waals surface area contributed by atoms with Crippen molar-refractivity contribution in [1.82, 2.24) is 21.3 Å². The van der Waals surface area contributed by atoms with Gasteiger partial charge >= 0.3 is 5.97 Å². The Morgan fingerprint density at radius 2 is 1.37 bits per heavy atom. The third-order valence-corrected chi connectivity index (χ3v) is 6.74. The zero-order valence-electron chi connectivity index (χ0n) is 26.4. The molecule has 7 N–H and O–H groups in total. The summed E-state index contributed by atoms with van der Waals surface area (Å²) in [5.74, 6) is -3.52. The molecular formula is C29H55N5O7. The van der Waals surface area contributed by atoms with Crippen LogP contribution in [0.5, 0.6) is 0 Å². The lowest BCUT2D eigenvalue weighted by molar-refractivity contribution is -0.146. The number of ether oxygens (including phenoxy) is 1. The smallest absolute Gasteiger partial charge is 0.328 e. The molecule has 0 heterocycles. The van der Waals surface area contributed by atoms with E-state index in [0.717, 1.165) is 0 Å². The second kappa shape index (κ2) is 19.4. The van der Waals surface area contributed by atoms with Crippen LogP contribution in [0, 0.1) is 23.7 Å². The molecule has 12 heteroatoms. The number of hydrogen-bond acceptors (Lipinski definition) is 8.